The molecule has 0 radical (unpaired) electrons. The maximum Gasteiger partial charge on any atom is 0.326 e. The molecule has 0 unspecified atom stereocenters. The van der Waals surface area contributed by atoms with Gasteiger partial charge in [-0.1, -0.05) is 13.8 Å². The van der Waals surface area contributed by atoms with Crippen LogP contribution >= 0.6 is 0 Å². The van der Waals surface area contributed by atoms with Crippen LogP contribution in [0.25, 0.3) is 0 Å². The number of aliphatic carboxylic acids is 2. The second kappa shape index (κ2) is 21.2. The number of carbonyl (C=O) groups excluding carboxylic acids is 7. The predicted octanol–water partition coefficient (Wildman–Crippen LogP) is -5.68. The fourth-order valence-electron chi connectivity index (χ4n) is 3.98. The molecule has 7 amide bonds. The molecule has 0 aromatic heterocycles. The molecule has 0 aromatic carbocycles. The minimum absolute atomic E-state index is 0.0216. The van der Waals surface area contributed by atoms with Crippen LogP contribution < -0.4 is 43.4 Å². The fraction of sp³-hybridized carbons (Fsp3) is 0.643. The summed E-state index contributed by atoms with van der Waals surface area (Å²) in [7, 11) is 0. The summed E-state index contributed by atoms with van der Waals surface area (Å²) in [6.07, 6.45) is -3.77. The van der Waals surface area contributed by atoms with E-state index in [1.807, 2.05) is 0 Å². The molecule has 21 nitrogen and oxygen atoms in total. The topological polar surface area (TPSA) is 359 Å². The summed E-state index contributed by atoms with van der Waals surface area (Å²) in [4.78, 5) is 111. The van der Waals surface area contributed by atoms with Crippen LogP contribution in [0.2, 0.25) is 0 Å². The van der Waals surface area contributed by atoms with Gasteiger partial charge in [0.15, 0.2) is 0 Å². The van der Waals surface area contributed by atoms with Crippen LogP contribution in [0.5, 0.6) is 0 Å². The van der Waals surface area contributed by atoms with E-state index in [9.17, 15) is 58.5 Å². The maximum atomic E-state index is 13.2. The Bertz CT molecular complexity index is 1230. The minimum Gasteiger partial charge on any atom is -0.481 e. The number of hydrogen-bond acceptors (Lipinski definition) is 12. The van der Waals surface area contributed by atoms with E-state index in [1.165, 1.54) is 6.92 Å². The van der Waals surface area contributed by atoms with Crippen molar-refractivity contribution in [3.8, 4) is 0 Å². The van der Waals surface area contributed by atoms with Gasteiger partial charge in [-0.15, -0.1) is 0 Å². The van der Waals surface area contributed by atoms with Crippen molar-refractivity contribution in [3.63, 3.8) is 0 Å². The number of primary amides is 1. The number of carboxylic acid groups (broad SMARTS) is 2. The van der Waals surface area contributed by atoms with Gasteiger partial charge in [0.2, 0.25) is 41.4 Å². The van der Waals surface area contributed by atoms with Gasteiger partial charge in [-0.05, 0) is 38.6 Å². The average Bonchev–Trinajstić information content (AvgIpc) is 2.98. The number of nitrogens with two attached hydrogens (primary N) is 2. The van der Waals surface area contributed by atoms with Crippen molar-refractivity contribution in [3.05, 3.63) is 6.92 Å². The van der Waals surface area contributed by atoms with Crippen molar-refractivity contribution in [2.24, 2.45) is 17.4 Å². The average molecular weight is 704 g/mol. The van der Waals surface area contributed by atoms with Crippen LogP contribution in [0.3, 0.4) is 0 Å². The lowest BCUT2D eigenvalue weighted by atomic mass is 10.0. The van der Waals surface area contributed by atoms with Crippen molar-refractivity contribution < 1.29 is 63.6 Å². The molecule has 278 valence electrons. The van der Waals surface area contributed by atoms with Crippen LogP contribution in [-0.2, 0) is 43.2 Å². The van der Waals surface area contributed by atoms with E-state index >= 15 is 0 Å². The number of nitrogens with one attached hydrogen (secondary N) is 6. The van der Waals surface area contributed by atoms with Gasteiger partial charge in [0, 0.05) is 6.42 Å². The lowest BCUT2D eigenvalue weighted by Gasteiger charge is -2.27. The van der Waals surface area contributed by atoms with Gasteiger partial charge in [-0.25, -0.2) is 4.79 Å². The number of carbonyl (C=O) groups is 9. The van der Waals surface area contributed by atoms with Crippen molar-refractivity contribution in [1.82, 2.24) is 31.9 Å². The Morgan fingerprint density at radius 3 is 1.61 bits per heavy atom. The van der Waals surface area contributed by atoms with E-state index in [0.717, 1.165) is 6.92 Å². The zero-order valence-corrected chi connectivity index (χ0v) is 27.6. The smallest absolute Gasteiger partial charge is 0.326 e. The van der Waals surface area contributed by atoms with E-state index in [4.69, 9.17) is 16.6 Å². The highest BCUT2D eigenvalue weighted by molar-refractivity contribution is 5.98. The second-order valence-corrected chi connectivity index (χ2v) is 11.6. The van der Waals surface area contributed by atoms with Crippen LogP contribution in [0, 0.1) is 12.8 Å². The zero-order valence-electron chi connectivity index (χ0n) is 27.6. The van der Waals surface area contributed by atoms with Crippen molar-refractivity contribution in [1.29, 1.82) is 0 Å². The summed E-state index contributed by atoms with van der Waals surface area (Å²) < 4.78 is 0. The summed E-state index contributed by atoms with van der Waals surface area (Å²) in [6, 6.07) is -11.0. The molecule has 0 heterocycles. The summed E-state index contributed by atoms with van der Waals surface area (Å²) in [5.74, 6) is -10.5. The maximum absolute atomic E-state index is 13.2. The van der Waals surface area contributed by atoms with E-state index in [1.54, 1.807) is 13.8 Å². The first-order valence-electron chi connectivity index (χ1n) is 15.0. The van der Waals surface area contributed by atoms with Crippen LogP contribution in [0.1, 0.15) is 53.4 Å². The molecule has 0 aromatic rings. The fourth-order valence-corrected chi connectivity index (χ4v) is 3.98. The molecule has 0 bridgehead atoms. The monoisotopic (exact) mass is 703 g/mol. The SMILES string of the molecule is [CH2-][C@H](N)C(=O)N[C@@H](C)C(=O)N[C@@H](CC(N)=O)C(=O)N[C@@H](CCC(=O)O)C(=O)N[C@H](C(=O)N[C@@H](CO)C(=O)N[C@@H](CC(C)C)C(=O)O)[C@@H](C)O. The lowest BCUT2D eigenvalue weighted by Crippen LogP contribution is -2.62. The van der Waals surface area contributed by atoms with Gasteiger partial charge in [-0.3, -0.25) is 38.4 Å². The molecule has 14 N–H and O–H groups in total. The van der Waals surface area contributed by atoms with Gasteiger partial charge in [0.1, 0.15) is 36.3 Å². The Kier molecular flexibility index (Phi) is 19.0. The van der Waals surface area contributed by atoms with Crippen molar-refractivity contribution >= 4 is 53.3 Å². The summed E-state index contributed by atoms with van der Waals surface area (Å²) in [5.41, 5.74) is 10.5. The third kappa shape index (κ3) is 16.7. The molecular formula is C28H47N8O13-. The van der Waals surface area contributed by atoms with Crippen LogP contribution in [0.4, 0.5) is 0 Å². The minimum atomic E-state index is -1.87. The van der Waals surface area contributed by atoms with E-state index in [-0.39, 0.29) is 12.3 Å². The van der Waals surface area contributed by atoms with Crippen LogP contribution in [0.15, 0.2) is 0 Å². The van der Waals surface area contributed by atoms with E-state index in [2.05, 4.69) is 38.8 Å². The first-order chi connectivity index (χ1) is 22.6. The molecule has 49 heavy (non-hydrogen) atoms. The number of aliphatic hydroxyl groups is 2. The zero-order chi connectivity index (χ0) is 38.2. The van der Waals surface area contributed by atoms with Crippen molar-refractivity contribution in [2.75, 3.05) is 6.61 Å². The first kappa shape index (κ1) is 44.1. The second-order valence-electron chi connectivity index (χ2n) is 11.6. The molecule has 0 spiro atoms. The number of carboxylic acids is 2. The Morgan fingerprint density at radius 1 is 0.673 bits per heavy atom. The van der Waals surface area contributed by atoms with Gasteiger partial charge in [0.25, 0.3) is 0 Å². The molecule has 0 aliphatic heterocycles. The highest BCUT2D eigenvalue weighted by Crippen LogP contribution is 2.07. The van der Waals surface area contributed by atoms with Crippen molar-refractivity contribution in [2.45, 2.75) is 102 Å². The Labute approximate surface area is 281 Å². The number of rotatable bonds is 22. The van der Waals surface area contributed by atoms with Gasteiger partial charge in [0.05, 0.1) is 19.1 Å². The standard InChI is InChI=1S/C28H47N8O13/c1-11(2)8-17(28(48)49)34-26(46)18(10-37)35-27(47)21(14(5)38)36-24(44)15(6-7-20(40)41)32-25(45)16(9-19(30)39)33-23(43)13(4)31-22(42)12(3)29/h11-18,21,37-38H,3,6-10,29H2,1-2,4-5H3,(H2,30,39)(H,31,42)(H,32,45)(H,33,43)(H,34,46)(H,35,47)(H,36,44)(H,40,41)(H,48,49)/q-1/t12-,13-,14+,15-,16-,17-,18-,21-/m0/s1. The van der Waals surface area contributed by atoms with Gasteiger partial charge >= 0.3 is 11.9 Å². The highest BCUT2D eigenvalue weighted by atomic mass is 16.4. The molecule has 0 aliphatic carbocycles. The van der Waals surface area contributed by atoms with Crippen LogP contribution in [-0.4, -0.2) is 129 Å². The largest absolute Gasteiger partial charge is 0.481 e. The lowest BCUT2D eigenvalue weighted by molar-refractivity contribution is -0.143. The third-order valence-corrected chi connectivity index (χ3v) is 6.61. The Balaban J connectivity index is 6.00. The summed E-state index contributed by atoms with van der Waals surface area (Å²) in [5, 5.41) is 51.4. The molecular weight excluding hydrogens is 656 g/mol. The number of hydrogen-bond donors (Lipinski definition) is 12. The van der Waals surface area contributed by atoms with Gasteiger partial charge < -0.3 is 70.7 Å². The molecule has 0 saturated heterocycles. The Morgan fingerprint density at radius 2 is 1.16 bits per heavy atom. The summed E-state index contributed by atoms with van der Waals surface area (Å²) in [6.45, 7) is 7.97. The molecule has 0 aliphatic rings. The quantitative estimate of drug-likeness (QED) is 0.0468. The first-order valence-corrected chi connectivity index (χ1v) is 15.0. The number of aliphatic hydroxyl groups excluding tert-OH is 2. The summed E-state index contributed by atoms with van der Waals surface area (Å²) >= 11 is 0. The molecule has 21 heteroatoms. The predicted molar refractivity (Wildman–Crippen MR) is 167 cm³/mol. The van der Waals surface area contributed by atoms with Gasteiger partial charge in [-0.2, -0.15) is 0 Å². The normalized spacial score (nSPS) is 15.9. The molecule has 0 fully saturated rings. The van der Waals surface area contributed by atoms with E-state index < -0.39 is 128 Å². The number of amides is 7. The molecule has 8 atom stereocenters. The molecule has 0 saturated carbocycles. The highest BCUT2D eigenvalue weighted by Gasteiger charge is 2.35. The Hall–Kier alpha value is -4.89. The van der Waals surface area contributed by atoms with E-state index in [0.29, 0.717) is 0 Å². The third-order valence-electron chi connectivity index (χ3n) is 6.61. The molecule has 0 rings (SSSR count).